The Labute approximate surface area is 83.4 Å². The van der Waals surface area contributed by atoms with Crippen LogP contribution in [0.2, 0.25) is 0 Å². The minimum Gasteiger partial charge on any atom is -0.318 e. The Morgan fingerprint density at radius 2 is 1.93 bits per heavy atom. The average Bonchev–Trinajstić information content (AvgIpc) is 2.15. The van der Waals surface area contributed by atoms with Crippen LogP contribution < -0.4 is 0 Å². The molecule has 0 heterocycles. The fourth-order valence-corrected chi connectivity index (χ4v) is 1.16. The number of carbonyl (C=O) groups is 1. The van der Waals surface area contributed by atoms with Crippen molar-refractivity contribution in [3.63, 3.8) is 0 Å². The van der Waals surface area contributed by atoms with E-state index >= 15 is 0 Å². The molecule has 3 nitrogen and oxygen atoms in total. The molecule has 1 rings (SSSR count). The van der Waals surface area contributed by atoms with Crippen molar-refractivity contribution in [2.75, 3.05) is 0 Å². The van der Waals surface area contributed by atoms with Crippen molar-refractivity contribution >= 4 is 11.7 Å². The Bertz CT molecular complexity index is 369. The lowest BCUT2D eigenvalue weighted by atomic mass is 10.1. The van der Waals surface area contributed by atoms with Crippen LogP contribution in [0.15, 0.2) is 29.4 Å². The maximum atomic E-state index is 10.5. The third-order valence-corrected chi connectivity index (χ3v) is 1.85. The zero-order valence-corrected chi connectivity index (χ0v) is 8.57. The molecule has 0 saturated heterocycles. The molecule has 3 heteroatoms. The largest absolute Gasteiger partial charge is 0.331 e. The van der Waals surface area contributed by atoms with Gasteiger partial charge in [-0.25, -0.2) is 4.79 Å². The molecule has 14 heavy (non-hydrogen) atoms. The van der Waals surface area contributed by atoms with Crippen LogP contribution in [0.4, 0.5) is 0 Å². The molecular weight excluding hydrogens is 178 g/mol. The van der Waals surface area contributed by atoms with Crippen LogP contribution in [-0.4, -0.2) is 11.7 Å². The predicted molar refractivity (Wildman–Crippen MR) is 55.2 cm³/mol. The number of rotatable bonds is 2. The minimum atomic E-state index is -0.405. The summed E-state index contributed by atoms with van der Waals surface area (Å²) < 4.78 is 0. The van der Waals surface area contributed by atoms with Crippen molar-refractivity contribution in [3.05, 3.63) is 35.4 Å². The van der Waals surface area contributed by atoms with Gasteiger partial charge in [0, 0.05) is 12.5 Å². The molecule has 0 bridgehead atoms. The molecule has 0 radical (unpaired) electrons. The summed E-state index contributed by atoms with van der Waals surface area (Å²) in [4.78, 5) is 15.1. The van der Waals surface area contributed by atoms with Crippen LogP contribution in [0.25, 0.3) is 0 Å². The highest BCUT2D eigenvalue weighted by molar-refractivity contribution is 5.99. The SMILES string of the molecule is CC(=O)ON=C(C)c1ccccc1C. The van der Waals surface area contributed by atoms with Crippen molar-refractivity contribution in [2.24, 2.45) is 5.16 Å². The summed E-state index contributed by atoms with van der Waals surface area (Å²) in [6, 6.07) is 7.81. The molecule has 1 aromatic rings. The highest BCUT2D eigenvalue weighted by Gasteiger charge is 2.01. The molecule has 0 saturated carbocycles. The first-order valence-electron chi connectivity index (χ1n) is 4.39. The zero-order valence-electron chi connectivity index (χ0n) is 8.57. The van der Waals surface area contributed by atoms with Crippen molar-refractivity contribution < 1.29 is 9.63 Å². The van der Waals surface area contributed by atoms with E-state index in [0.29, 0.717) is 5.71 Å². The zero-order chi connectivity index (χ0) is 10.6. The molecule has 0 unspecified atom stereocenters. The predicted octanol–water partition coefficient (Wildman–Crippen LogP) is 2.28. The van der Waals surface area contributed by atoms with Crippen molar-refractivity contribution in [1.29, 1.82) is 0 Å². The first-order chi connectivity index (χ1) is 6.61. The quantitative estimate of drug-likeness (QED) is 0.408. The Morgan fingerprint density at radius 1 is 1.29 bits per heavy atom. The molecule has 0 aliphatic heterocycles. The fraction of sp³-hybridized carbons (Fsp3) is 0.273. The summed E-state index contributed by atoms with van der Waals surface area (Å²) in [6.07, 6.45) is 0. The fourth-order valence-electron chi connectivity index (χ4n) is 1.16. The number of aryl methyl sites for hydroxylation is 1. The lowest BCUT2D eigenvalue weighted by Crippen LogP contribution is -2.01. The van der Waals surface area contributed by atoms with E-state index in [1.807, 2.05) is 38.1 Å². The van der Waals surface area contributed by atoms with Crippen molar-refractivity contribution in [2.45, 2.75) is 20.8 Å². The van der Waals surface area contributed by atoms with Crippen LogP contribution in [0, 0.1) is 6.92 Å². The van der Waals surface area contributed by atoms with Gasteiger partial charge in [0.15, 0.2) is 0 Å². The van der Waals surface area contributed by atoms with Gasteiger partial charge in [-0.3, -0.25) is 0 Å². The van der Waals surface area contributed by atoms with E-state index in [0.717, 1.165) is 11.1 Å². The van der Waals surface area contributed by atoms with E-state index in [1.54, 1.807) is 0 Å². The molecule has 0 amide bonds. The average molecular weight is 191 g/mol. The van der Waals surface area contributed by atoms with Gasteiger partial charge in [0.1, 0.15) is 0 Å². The molecule has 1 aromatic carbocycles. The van der Waals surface area contributed by atoms with Gasteiger partial charge in [0.2, 0.25) is 0 Å². The summed E-state index contributed by atoms with van der Waals surface area (Å²) in [5, 5.41) is 3.72. The number of hydrogen-bond acceptors (Lipinski definition) is 3. The maximum absolute atomic E-state index is 10.5. The first-order valence-corrected chi connectivity index (χ1v) is 4.39. The summed E-state index contributed by atoms with van der Waals surface area (Å²) >= 11 is 0. The van der Waals surface area contributed by atoms with E-state index in [2.05, 4.69) is 9.99 Å². The maximum Gasteiger partial charge on any atom is 0.331 e. The number of nitrogens with zero attached hydrogens (tertiary/aromatic N) is 1. The van der Waals surface area contributed by atoms with Crippen LogP contribution in [0.5, 0.6) is 0 Å². The second kappa shape index (κ2) is 4.56. The van der Waals surface area contributed by atoms with Gasteiger partial charge >= 0.3 is 5.97 Å². The number of carbonyl (C=O) groups excluding carboxylic acids is 1. The molecule has 0 aliphatic rings. The molecular formula is C11H13NO2. The topological polar surface area (TPSA) is 38.7 Å². The van der Waals surface area contributed by atoms with Gasteiger partial charge in [-0.05, 0) is 19.4 Å². The second-order valence-electron chi connectivity index (χ2n) is 3.07. The van der Waals surface area contributed by atoms with Crippen LogP contribution in [-0.2, 0) is 9.63 Å². The van der Waals surface area contributed by atoms with Gasteiger partial charge in [0.25, 0.3) is 0 Å². The van der Waals surface area contributed by atoms with Crippen molar-refractivity contribution in [1.82, 2.24) is 0 Å². The molecule has 0 atom stereocenters. The van der Waals surface area contributed by atoms with Crippen LogP contribution in [0.1, 0.15) is 25.0 Å². The van der Waals surface area contributed by atoms with Gasteiger partial charge in [-0.2, -0.15) is 0 Å². The minimum absolute atomic E-state index is 0.405. The van der Waals surface area contributed by atoms with Crippen LogP contribution in [0.3, 0.4) is 0 Å². The monoisotopic (exact) mass is 191 g/mol. The first kappa shape index (κ1) is 10.4. The van der Waals surface area contributed by atoms with Crippen LogP contribution >= 0.6 is 0 Å². The summed E-state index contributed by atoms with van der Waals surface area (Å²) in [6.45, 7) is 5.13. The normalized spacial score (nSPS) is 11.2. The Morgan fingerprint density at radius 3 is 2.50 bits per heavy atom. The van der Waals surface area contributed by atoms with E-state index in [9.17, 15) is 4.79 Å². The highest BCUT2D eigenvalue weighted by atomic mass is 16.7. The summed E-state index contributed by atoms with van der Waals surface area (Å²) in [7, 11) is 0. The lowest BCUT2D eigenvalue weighted by molar-refractivity contribution is -0.140. The molecule has 0 aromatic heterocycles. The molecule has 0 N–H and O–H groups in total. The smallest absolute Gasteiger partial charge is 0.318 e. The number of hydrogen-bond donors (Lipinski definition) is 0. The van der Waals surface area contributed by atoms with E-state index in [4.69, 9.17) is 0 Å². The Kier molecular flexibility index (Phi) is 3.40. The van der Waals surface area contributed by atoms with Crippen molar-refractivity contribution in [3.8, 4) is 0 Å². The number of oxime groups is 1. The number of benzene rings is 1. The third-order valence-electron chi connectivity index (χ3n) is 1.85. The Hall–Kier alpha value is -1.64. The molecule has 0 fully saturated rings. The summed E-state index contributed by atoms with van der Waals surface area (Å²) in [5.74, 6) is -0.405. The Balaban J connectivity index is 2.89. The van der Waals surface area contributed by atoms with Gasteiger partial charge in [-0.15, -0.1) is 0 Å². The van der Waals surface area contributed by atoms with Gasteiger partial charge in [-0.1, -0.05) is 29.4 Å². The third kappa shape index (κ3) is 2.69. The van der Waals surface area contributed by atoms with Gasteiger partial charge in [0.05, 0.1) is 5.71 Å². The van der Waals surface area contributed by atoms with E-state index in [1.165, 1.54) is 6.92 Å². The van der Waals surface area contributed by atoms with Gasteiger partial charge < -0.3 is 4.84 Å². The molecule has 0 aliphatic carbocycles. The van der Waals surface area contributed by atoms with E-state index < -0.39 is 5.97 Å². The highest BCUT2D eigenvalue weighted by Crippen LogP contribution is 2.08. The standard InChI is InChI=1S/C11H13NO2/c1-8-6-4-5-7-11(8)9(2)12-14-10(3)13/h4-7H,1-3H3. The lowest BCUT2D eigenvalue weighted by Gasteiger charge is -2.03. The second-order valence-corrected chi connectivity index (χ2v) is 3.07. The van der Waals surface area contributed by atoms with E-state index in [-0.39, 0.29) is 0 Å². The summed E-state index contributed by atoms with van der Waals surface area (Å²) in [5.41, 5.74) is 2.81. The molecule has 74 valence electrons. The molecule has 0 spiro atoms.